The molecule has 1 aromatic rings. The number of nitrogens with one attached hydrogen (secondary N) is 1. The molecular weight excluding hydrogens is 192 g/mol. The first-order valence-corrected chi connectivity index (χ1v) is 4.53. The SMILES string of the molecule is Cc1cccc(NC(=O)COCC#N)c1. The highest BCUT2D eigenvalue weighted by Gasteiger charge is 2.01. The van der Waals surface area contributed by atoms with Crippen LogP contribution in [0.2, 0.25) is 0 Å². The van der Waals surface area contributed by atoms with Gasteiger partial charge in [0.25, 0.3) is 0 Å². The van der Waals surface area contributed by atoms with Crippen LogP contribution in [0.3, 0.4) is 0 Å². The van der Waals surface area contributed by atoms with Gasteiger partial charge in [-0.2, -0.15) is 5.26 Å². The first-order valence-electron chi connectivity index (χ1n) is 4.53. The van der Waals surface area contributed by atoms with Crippen LogP contribution in [-0.4, -0.2) is 19.1 Å². The Bertz CT molecular complexity index is 382. The largest absolute Gasteiger partial charge is 0.357 e. The van der Waals surface area contributed by atoms with E-state index < -0.39 is 0 Å². The van der Waals surface area contributed by atoms with Gasteiger partial charge in [0.2, 0.25) is 5.91 Å². The smallest absolute Gasteiger partial charge is 0.250 e. The van der Waals surface area contributed by atoms with Crippen molar-refractivity contribution < 1.29 is 9.53 Å². The molecule has 0 spiro atoms. The number of aryl methyl sites for hydroxylation is 1. The van der Waals surface area contributed by atoms with Gasteiger partial charge in [-0.3, -0.25) is 4.79 Å². The second-order valence-corrected chi connectivity index (χ2v) is 3.07. The number of anilines is 1. The van der Waals surface area contributed by atoms with Crippen LogP contribution in [0.25, 0.3) is 0 Å². The van der Waals surface area contributed by atoms with Crippen LogP contribution in [0.1, 0.15) is 5.56 Å². The van der Waals surface area contributed by atoms with Gasteiger partial charge in [0, 0.05) is 5.69 Å². The molecule has 1 aromatic carbocycles. The molecule has 0 bridgehead atoms. The van der Waals surface area contributed by atoms with Gasteiger partial charge >= 0.3 is 0 Å². The lowest BCUT2D eigenvalue weighted by Crippen LogP contribution is -2.18. The molecule has 0 radical (unpaired) electrons. The van der Waals surface area contributed by atoms with E-state index in [-0.39, 0.29) is 19.1 Å². The van der Waals surface area contributed by atoms with E-state index in [0.717, 1.165) is 11.3 Å². The van der Waals surface area contributed by atoms with Crippen LogP contribution in [0.5, 0.6) is 0 Å². The zero-order chi connectivity index (χ0) is 11.1. The van der Waals surface area contributed by atoms with Crippen molar-refractivity contribution >= 4 is 11.6 Å². The lowest BCUT2D eigenvalue weighted by Gasteiger charge is -2.05. The highest BCUT2D eigenvalue weighted by molar-refractivity contribution is 5.91. The average Bonchev–Trinajstić information content (AvgIpc) is 2.18. The number of benzene rings is 1. The Kier molecular flexibility index (Phi) is 4.32. The van der Waals surface area contributed by atoms with Gasteiger partial charge < -0.3 is 10.1 Å². The predicted molar refractivity (Wildman–Crippen MR) is 56.2 cm³/mol. The monoisotopic (exact) mass is 204 g/mol. The first kappa shape index (κ1) is 11.2. The Morgan fingerprint density at radius 3 is 3.07 bits per heavy atom. The van der Waals surface area contributed by atoms with Gasteiger partial charge in [0.05, 0.1) is 6.07 Å². The van der Waals surface area contributed by atoms with Crippen molar-refractivity contribution in [3.8, 4) is 6.07 Å². The summed E-state index contributed by atoms with van der Waals surface area (Å²) in [5, 5.41) is 10.9. The second kappa shape index (κ2) is 5.78. The van der Waals surface area contributed by atoms with Crippen LogP contribution in [-0.2, 0) is 9.53 Å². The number of nitrogens with zero attached hydrogens (tertiary/aromatic N) is 1. The van der Waals surface area contributed by atoms with Crippen molar-refractivity contribution in [1.29, 1.82) is 5.26 Å². The zero-order valence-corrected chi connectivity index (χ0v) is 8.49. The van der Waals surface area contributed by atoms with Crippen LogP contribution >= 0.6 is 0 Å². The van der Waals surface area contributed by atoms with Crippen molar-refractivity contribution in [2.24, 2.45) is 0 Å². The zero-order valence-electron chi connectivity index (χ0n) is 8.49. The van der Waals surface area contributed by atoms with Gasteiger partial charge in [-0.15, -0.1) is 0 Å². The van der Waals surface area contributed by atoms with Gasteiger partial charge in [0.15, 0.2) is 0 Å². The highest BCUT2D eigenvalue weighted by atomic mass is 16.5. The summed E-state index contributed by atoms with van der Waals surface area (Å²) in [7, 11) is 0. The van der Waals surface area contributed by atoms with E-state index in [9.17, 15) is 4.79 Å². The average molecular weight is 204 g/mol. The van der Waals surface area contributed by atoms with Gasteiger partial charge in [-0.1, -0.05) is 12.1 Å². The number of carbonyl (C=O) groups excluding carboxylic acids is 1. The number of hydrogen-bond donors (Lipinski definition) is 1. The van der Waals surface area contributed by atoms with Crippen molar-refractivity contribution in [3.05, 3.63) is 29.8 Å². The van der Waals surface area contributed by atoms with E-state index in [4.69, 9.17) is 10.00 Å². The molecule has 15 heavy (non-hydrogen) atoms. The van der Waals surface area contributed by atoms with Gasteiger partial charge in [0.1, 0.15) is 13.2 Å². The molecule has 0 atom stereocenters. The molecule has 1 amide bonds. The van der Waals surface area contributed by atoms with Crippen LogP contribution in [0, 0.1) is 18.3 Å². The topological polar surface area (TPSA) is 62.1 Å². The number of amides is 1. The molecule has 0 heterocycles. The molecule has 0 aliphatic carbocycles. The van der Waals surface area contributed by atoms with Gasteiger partial charge in [-0.05, 0) is 24.6 Å². The number of rotatable bonds is 4. The molecular formula is C11H12N2O2. The second-order valence-electron chi connectivity index (χ2n) is 3.07. The molecule has 78 valence electrons. The Labute approximate surface area is 88.5 Å². The lowest BCUT2D eigenvalue weighted by molar-refractivity contribution is -0.120. The Hall–Kier alpha value is -1.86. The summed E-state index contributed by atoms with van der Waals surface area (Å²) >= 11 is 0. The number of carbonyl (C=O) groups is 1. The normalized spacial score (nSPS) is 9.33. The van der Waals surface area contributed by atoms with Crippen molar-refractivity contribution in [1.82, 2.24) is 0 Å². The molecule has 0 fully saturated rings. The van der Waals surface area contributed by atoms with E-state index in [0.29, 0.717) is 0 Å². The summed E-state index contributed by atoms with van der Waals surface area (Å²) in [6, 6.07) is 9.27. The molecule has 0 aliphatic heterocycles. The third kappa shape index (κ3) is 4.25. The number of nitriles is 1. The van der Waals surface area contributed by atoms with Crippen LogP contribution in [0.15, 0.2) is 24.3 Å². The minimum Gasteiger partial charge on any atom is -0.357 e. The standard InChI is InChI=1S/C11H12N2O2/c1-9-3-2-4-10(7-9)13-11(14)8-15-6-5-12/h2-4,7H,6,8H2,1H3,(H,13,14). The molecule has 0 aromatic heterocycles. The van der Waals surface area contributed by atoms with E-state index in [1.165, 1.54) is 0 Å². The quantitative estimate of drug-likeness (QED) is 0.755. The number of hydrogen-bond acceptors (Lipinski definition) is 3. The molecule has 4 nitrogen and oxygen atoms in total. The maximum Gasteiger partial charge on any atom is 0.250 e. The molecule has 0 unspecified atom stereocenters. The Morgan fingerprint density at radius 1 is 1.60 bits per heavy atom. The molecule has 4 heteroatoms. The van der Waals surface area contributed by atoms with E-state index in [1.807, 2.05) is 25.1 Å². The fourth-order valence-electron chi connectivity index (χ4n) is 1.11. The highest BCUT2D eigenvalue weighted by Crippen LogP contribution is 2.08. The molecule has 0 aliphatic rings. The summed E-state index contributed by atoms with van der Waals surface area (Å²) in [5.41, 5.74) is 1.81. The summed E-state index contributed by atoms with van der Waals surface area (Å²) in [6.45, 7) is 1.78. The fourth-order valence-corrected chi connectivity index (χ4v) is 1.11. The van der Waals surface area contributed by atoms with Crippen molar-refractivity contribution in [2.45, 2.75) is 6.92 Å². The third-order valence-corrected chi connectivity index (χ3v) is 1.70. The van der Waals surface area contributed by atoms with Crippen molar-refractivity contribution in [3.63, 3.8) is 0 Å². The summed E-state index contributed by atoms with van der Waals surface area (Å²) in [6.07, 6.45) is 0. The fraction of sp³-hybridized carbons (Fsp3) is 0.273. The van der Waals surface area contributed by atoms with Crippen LogP contribution in [0.4, 0.5) is 5.69 Å². The number of ether oxygens (including phenoxy) is 1. The molecule has 0 saturated heterocycles. The Morgan fingerprint density at radius 2 is 2.40 bits per heavy atom. The van der Waals surface area contributed by atoms with Gasteiger partial charge in [-0.25, -0.2) is 0 Å². The third-order valence-electron chi connectivity index (χ3n) is 1.70. The lowest BCUT2D eigenvalue weighted by atomic mass is 10.2. The molecule has 1 N–H and O–H groups in total. The maximum atomic E-state index is 11.3. The summed E-state index contributed by atoms with van der Waals surface area (Å²) in [4.78, 5) is 11.3. The minimum absolute atomic E-state index is 0.0682. The Balaban J connectivity index is 2.42. The first-order chi connectivity index (χ1) is 7.22. The summed E-state index contributed by atoms with van der Waals surface area (Å²) < 4.78 is 4.77. The van der Waals surface area contributed by atoms with E-state index in [2.05, 4.69) is 5.32 Å². The minimum atomic E-state index is -0.254. The predicted octanol–water partition coefficient (Wildman–Crippen LogP) is 1.47. The van der Waals surface area contributed by atoms with Crippen LogP contribution < -0.4 is 5.32 Å². The summed E-state index contributed by atoms with van der Waals surface area (Å²) in [5.74, 6) is -0.254. The van der Waals surface area contributed by atoms with E-state index >= 15 is 0 Å². The van der Waals surface area contributed by atoms with E-state index in [1.54, 1.807) is 12.1 Å². The maximum absolute atomic E-state index is 11.3. The molecule has 0 saturated carbocycles. The van der Waals surface area contributed by atoms with Crippen molar-refractivity contribution in [2.75, 3.05) is 18.5 Å². The molecule has 1 rings (SSSR count).